The zero-order chi connectivity index (χ0) is 12.4. The highest BCUT2D eigenvalue weighted by molar-refractivity contribution is 5.58. The number of benzene rings is 1. The Morgan fingerprint density at radius 2 is 2.35 bits per heavy atom. The second kappa shape index (κ2) is 4.42. The topological polar surface area (TPSA) is 76.2 Å². The molecule has 1 atom stereocenters. The average Bonchev–Trinajstić information content (AvgIpc) is 2.36. The molecule has 0 saturated carbocycles. The fraction of sp³-hybridized carbons (Fsp3) is 0.417. The van der Waals surface area contributed by atoms with Crippen molar-refractivity contribution >= 4 is 5.69 Å². The largest absolute Gasteiger partial charge is 0.490 e. The molecular formula is C12H12N2O3. The highest BCUT2D eigenvalue weighted by Gasteiger charge is 2.29. The molecule has 2 rings (SSSR count). The molecule has 0 amide bonds. The van der Waals surface area contributed by atoms with E-state index in [0.717, 1.165) is 18.4 Å². The van der Waals surface area contributed by atoms with Gasteiger partial charge in [-0.25, -0.2) is 0 Å². The molecule has 1 unspecified atom stereocenters. The van der Waals surface area contributed by atoms with Crippen LogP contribution in [0.5, 0.6) is 5.75 Å². The molecule has 1 aliphatic carbocycles. The molecule has 0 spiro atoms. The van der Waals surface area contributed by atoms with Crippen LogP contribution in [0.15, 0.2) is 12.1 Å². The average molecular weight is 232 g/mol. The molecule has 88 valence electrons. The van der Waals surface area contributed by atoms with Crippen LogP contribution >= 0.6 is 0 Å². The minimum Gasteiger partial charge on any atom is -0.490 e. The normalized spacial score (nSPS) is 18.0. The van der Waals surface area contributed by atoms with Crippen molar-refractivity contribution in [3.63, 3.8) is 0 Å². The monoisotopic (exact) mass is 232 g/mol. The minimum atomic E-state index is -0.419. The van der Waals surface area contributed by atoms with E-state index in [-0.39, 0.29) is 17.4 Å². The van der Waals surface area contributed by atoms with Gasteiger partial charge in [-0.2, -0.15) is 5.26 Å². The number of ether oxygens (including phenoxy) is 1. The Bertz CT molecular complexity index is 505. The van der Waals surface area contributed by atoms with Crippen molar-refractivity contribution < 1.29 is 9.66 Å². The third-order valence-electron chi connectivity index (χ3n) is 3.14. The Morgan fingerprint density at radius 3 is 2.94 bits per heavy atom. The molecule has 0 fully saturated rings. The Kier molecular flexibility index (Phi) is 2.96. The van der Waals surface area contributed by atoms with Crippen LogP contribution in [0.1, 0.15) is 29.9 Å². The second-order valence-electron chi connectivity index (χ2n) is 4.02. The van der Waals surface area contributed by atoms with Crippen molar-refractivity contribution in [3.8, 4) is 11.8 Å². The number of hydrogen-bond donors (Lipinski definition) is 0. The molecule has 17 heavy (non-hydrogen) atoms. The van der Waals surface area contributed by atoms with E-state index in [1.807, 2.05) is 0 Å². The van der Waals surface area contributed by atoms with Gasteiger partial charge in [0.15, 0.2) is 5.75 Å². The number of nitro groups is 1. The van der Waals surface area contributed by atoms with Crippen molar-refractivity contribution in [2.75, 3.05) is 7.11 Å². The number of nitro benzene ring substituents is 1. The summed E-state index contributed by atoms with van der Waals surface area (Å²) in [5.41, 5.74) is 1.46. The first-order chi connectivity index (χ1) is 8.19. The van der Waals surface area contributed by atoms with Crippen molar-refractivity contribution in [3.05, 3.63) is 33.4 Å². The minimum absolute atomic E-state index is 0.0185. The third-order valence-corrected chi connectivity index (χ3v) is 3.14. The van der Waals surface area contributed by atoms with Crippen LogP contribution in [0, 0.1) is 21.4 Å². The van der Waals surface area contributed by atoms with Gasteiger partial charge in [-0.05, 0) is 30.9 Å². The quantitative estimate of drug-likeness (QED) is 0.580. The maximum atomic E-state index is 11.1. The Labute approximate surface area is 98.8 Å². The van der Waals surface area contributed by atoms with Crippen LogP contribution in [0.4, 0.5) is 5.69 Å². The molecule has 0 bridgehead atoms. The van der Waals surface area contributed by atoms with Gasteiger partial charge in [0.1, 0.15) is 0 Å². The SMILES string of the molecule is COc1ccc2c(c1[N+](=O)[O-])CCCC2C#N. The van der Waals surface area contributed by atoms with E-state index >= 15 is 0 Å². The molecular weight excluding hydrogens is 220 g/mol. The zero-order valence-corrected chi connectivity index (χ0v) is 9.47. The van der Waals surface area contributed by atoms with Gasteiger partial charge in [0, 0.05) is 5.56 Å². The van der Waals surface area contributed by atoms with Crippen molar-refractivity contribution in [2.45, 2.75) is 25.2 Å². The lowest BCUT2D eigenvalue weighted by Gasteiger charge is -2.20. The van der Waals surface area contributed by atoms with Crippen LogP contribution < -0.4 is 4.74 Å². The zero-order valence-electron chi connectivity index (χ0n) is 9.47. The molecule has 1 aromatic carbocycles. The summed E-state index contributed by atoms with van der Waals surface area (Å²) in [6.45, 7) is 0. The summed E-state index contributed by atoms with van der Waals surface area (Å²) < 4.78 is 5.02. The number of rotatable bonds is 2. The molecule has 0 saturated heterocycles. The molecule has 0 heterocycles. The van der Waals surface area contributed by atoms with Gasteiger partial charge in [0.2, 0.25) is 0 Å². The summed E-state index contributed by atoms with van der Waals surface area (Å²) in [7, 11) is 1.42. The van der Waals surface area contributed by atoms with Crippen LogP contribution in [-0.2, 0) is 6.42 Å². The molecule has 0 N–H and O–H groups in total. The van der Waals surface area contributed by atoms with E-state index in [0.29, 0.717) is 12.0 Å². The summed E-state index contributed by atoms with van der Waals surface area (Å²) in [5.74, 6) is 0.0377. The predicted octanol–water partition coefficient (Wildman–Crippen LogP) is 2.55. The maximum absolute atomic E-state index is 11.1. The van der Waals surface area contributed by atoms with Gasteiger partial charge in [-0.3, -0.25) is 10.1 Å². The van der Waals surface area contributed by atoms with Crippen molar-refractivity contribution in [2.24, 2.45) is 0 Å². The van der Waals surface area contributed by atoms with Crippen LogP contribution in [-0.4, -0.2) is 12.0 Å². The number of nitriles is 1. The fourth-order valence-corrected chi connectivity index (χ4v) is 2.36. The Morgan fingerprint density at radius 1 is 1.59 bits per heavy atom. The summed E-state index contributed by atoms with van der Waals surface area (Å²) >= 11 is 0. The van der Waals surface area contributed by atoms with E-state index in [1.54, 1.807) is 12.1 Å². The van der Waals surface area contributed by atoms with Crippen molar-refractivity contribution in [1.82, 2.24) is 0 Å². The Hall–Kier alpha value is -2.09. The molecule has 0 aromatic heterocycles. The van der Waals surface area contributed by atoms with Crippen molar-refractivity contribution in [1.29, 1.82) is 5.26 Å². The smallest absolute Gasteiger partial charge is 0.314 e. The van der Waals surface area contributed by atoms with E-state index in [2.05, 4.69) is 6.07 Å². The van der Waals surface area contributed by atoms with Crippen LogP contribution in [0.2, 0.25) is 0 Å². The van der Waals surface area contributed by atoms with Gasteiger partial charge >= 0.3 is 5.69 Å². The Balaban J connectivity index is 2.64. The van der Waals surface area contributed by atoms with Crippen LogP contribution in [0.25, 0.3) is 0 Å². The lowest BCUT2D eigenvalue weighted by molar-refractivity contribution is -0.386. The second-order valence-corrected chi connectivity index (χ2v) is 4.02. The highest BCUT2D eigenvalue weighted by Crippen LogP contribution is 2.41. The molecule has 1 aliphatic rings. The summed E-state index contributed by atoms with van der Waals surface area (Å²) in [6, 6.07) is 5.55. The first kappa shape index (κ1) is 11.4. The summed E-state index contributed by atoms with van der Waals surface area (Å²) in [5, 5.41) is 20.1. The van der Waals surface area contributed by atoms with E-state index < -0.39 is 4.92 Å². The van der Waals surface area contributed by atoms with Gasteiger partial charge in [0.05, 0.1) is 24.0 Å². The van der Waals surface area contributed by atoms with E-state index in [9.17, 15) is 10.1 Å². The number of methoxy groups -OCH3 is 1. The first-order valence-electron chi connectivity index (χ1n) is 5.42. The summed E-state index contributed by atoms with van der Waals surface area (Å²) in [4.78, 5) is 10.7. The molecule has 1 aromatic rings. The van der Waals surface area contributed by atoms with Gasteiger partial charge in [0.25, 0.3) is 0 Å². The van der Waals surface area contributed by atoms with E-state index in [4.69, 9.17) is 10.00 Å². The van der Waals surface area contributed by atoms with E-state index in [1.165, 1.54) is 7.11 Å². The first-order valence-corrected chi connectivity index (χ1v) is 5.42. The lowest BCUT2D eigenvalue weighted by atomic mass is 9.82. The molecule has 5 heteroatoms. The van der Waals surface area contributed by atoms with Gasteiger partial charge < -0.3 is 4.74 Å². The number of hydrogen-bond acceptors (Lipinski definition) is 4. The standard InChI is InChI=1S/C12H12N2O3/c1-17-11-6-5-9-8(7-13)3-2-4-10(9)12(11)14(15)16/h5-6,8H,2-4H2,1H3. The number of fused-ring (bicyclic) bond motifs is 1. The highest BCUT2D eigenvalue weighted by atomic mass is 16.6. The molecule has 0 aliphatic heterocycles. The van der Waals surface area contributed by atoms with Gasteiger partial charge in [-0.15, -0.1) is 0 Å². The fourth-order valence-electron chi connectivity index (χ4n) is 2.36. The molecule has 0 radical (unpaired) electrons. The van der Waals surface area contributed by atoms with Crippen LogP contribution in [0.3, 0.4) is 0 Å². The van der Waals surface area contributed by atoms with Gasteiger partial charge in [-0.1, -0.05) is 6.07 Å². The molecule has 5 nitrogen and oxygen atoms in total. The third kappa shape index (κ3) is 1.82. The lowest BCUT2D eigenvalue weighted by Crippen LogP contribution is -2.11. The summed E-state index contributed by atoms with van der Waals surface area (Å²) in [6.07, 6.45) is 2.22. The number of nitrogens with zero attached hydrogens (tertiary/aromatic N) is 2. The predicted molar refractivity (Wildman–Crippen MR) is 60.9 cm³/mol. The maximum Gasteiger partial charge on any atom is 0.314 e.